The predicted molar refractivity (Wildman–Crippen MR) is 113 cm³/mol. The van der Waals surface area contributed by atoms with Crippen molar-refractivity contribution in [2.75, 3.05) is 0 Å². The monoisotopic (exact) mass is 358 g/mol. The first-order chi connectivity index (χ1) is 13.0. The molecule has 0 amide bonds. The van der Waals surface area contributed by atoms with Crippen molar-refractivity contribution in [3.8, 4) is 0 Å². The first-order valence-corrected chi connectivity index (χ1v) is 9.29. The highest BCUT2D eigenvalue weighted by atomic mass is 32.1. The summed E-state index contributed by atoms with van der Waals surface area (Å²) in [4.78, 5) is 0. The number of benzene rings is 3. The largest absolute Gasteiger partial charge is 0.473 e. The second kappa shape index (κ2) is 13.2. The maximum absolute atomic E-state index is 4.58. The second-order valence-corrected chi connectivity index (χ2v) is 5.90. The van der Waals surface area contributed by atoms with E-state index in [2.05, 4.69) is 52.9 Å². The third-order valence-electron chi connectivity index (χ3n) is 3.18. The highest BCUT2D eigenvalue weighted by Crippen LogP contribution is 2.11. The van der Waals surface area contributed by atoms with E-state index in [9.17, 15) is 0 Å². The molecule has 0 saturated heterocycles. The summed E-state index contributed by atoms with van der Waals surface area (Å²) in [6, 6.07) is 36.4. The first kappa shape index (κ1) is 19.2. The molecule has 2 aromatic heterocycles. The van der Waals surface area contributed by atoms with Crippen LogP contribution in [0.25, 0.3) is 10.8 Å². The Kier molecular flexibility index (Phi) is 9.78. The molecule has 0 saturated carbocycles. The van der Waals surface area contributed by atoms with Crippen LogP contribution in [-0.2, 0) is 0 Å². The van der Waals surface area contributed by atoms with Gasteiger partial charge < -0.3 is 4.42 Å². The summed E-state index contributed by atoms with van der Waals surface area (Å²) >= 11 is 1.71. The summed E-state index contributed by atoms with van der Waals surface area (Å²) in [5, 5.41) is 6.70. The zero-order chi connectivity index (χ0) is 18.1. The molecule has 0 atom stereocenters. The van der Waals surface area contributed by atoms with E-state index in [1.165, 1.54) is 10.8 Å². The molecule has 0 N–H and O–H groups in total. The van der Waals surface area contributed by atoms with E-state index in [0.717, 1.165) is 0 Å². The number of thiophene rings is 1. The van der Waals surface area contributed by atoms with Gasteiger partial charge in [-0.2, -0.15) is 11.3 Å². The van der Waals surface area contributed by atoms with Crippen LogP contribution in [0, 0.1) is 0 Å². The molecule has 1 nitrogen and oxygen atoms in total. The predicted octanol–water partition coefficient (Wildman–Crippen LogP) is 7.55. The van der Waals surface area contributed by atoms with Gasteiger partial charge in [-0.1, -0.05) is 97.1 Å². The fourth-order valence-electron chi connectivity index (χ4n) is 1.97. The molecule has 0 bridgehead atoms. The van der Waals surface area contributed by atoms with E-state index in [1.807, 2.05) is 71.4 Å². The maximum atomic E-state index is 4.58. The summed E-state index contributed by atoms with van der Waals surface area (Å²) in [5.74, 6) is 0. The van der Waals surface area contributed by atoms with Crippen LogP contribution in [0.2, 0.25) is 0 Å². The first-order valence-electron chi connectivity index (χ1n) is 8.35. The average Bonchev–Trinajstić information content (AvgIpc) is 3.49. The summed E-state index contributed by atoms with van der Waals surface area (Å²) in [6.45, 7) is 0. The molecule has 2 heteroatoms. The molecule has 0 radical (unpaired) electrons. The molecule has 0 fully saturated rings. The Morgan fingerprint density at radius 1 is 0.423 bits per heavy atom. The summed E-state index contributed by atoms with van der Waals surface area (Å²) in [5.41, 5.74) is 0. The Labute approximate surface area is 159 Å². The van der Waals surface area contributed by atoms with Crippen molar-refractivity contribution >= 4 is 22.1 Å². The second-order valence-electron chi connectivity index (χ2n) is 5.09. The van der Waals surface area contributed by atoms with Gasteiger partial charge in [0.15, 0.2) is 0 Å². The summed E-state index contributed by atoms with van der Waals surface area (Å²) < 4.78 is 4.58. The Balaban J connectivity index is 0.000000132. The molecule has 0 aliphatic carbocycles. The zero-order valence-corrected chi connectivity index (χ0v) is 15.3. The van der Waals surface area contributed by atoms with Crippen molar-refractivity contribution in [1.29, 1.82) is 0 Å². The van der Waals surface area contributed by atoms with Crippen LogP contribution in [0.1, 0.15) is 0 Å². The standard InChI is InChI=1S/C10H8.C6H6.C4H4O.C4H4S/c1-2-6-10-8-4-3-7-9(10)5-1;1-2-4-6-5-3-1;2*1-2-4-5-3-1/h1-8H;1-6H;2*1-4H. The van der Waals surface area contributed by atoms with Crippen LogP contribution in [0.15, 0.2) is 137 Å². The van der Waals surface area contributed by atoms with Crippen molar-refractivity contribution in [2.24, 2.45) is 0 Å². The van der Waals surface area contributed by atoms with Crippen molar-refractivity contribution in [3.05, 3.63) is 132 Å². The van der Waals surface area contributed by atoms with Crippen molar-refractivity contribution in [3.63, 3.8) is 0 Å². The quantitative estimate of drug-likeness (QED) is 0.278. The van der Waals surface area contributed by atoms with E-state index in [0.29, 0.717) is 0 Å². The molecular formula is C24H22OS. The van der Waals surface area contributed by atoms with Crippen LogP contribution in [0.4, 0.5) is 0 Å². The van der Waals surface area contributed by atoms with E-state index in [-0.39, 0.29) is 0 Å². The number of fused-ring (bicyclic) bond motifs is 1. The van der Waals surface area contributed by atoms with E-state index in [4.69, 9.17) is 0 Å². The number of hydrogen-bond donors (Lipinski definition) is 0. The van der Waals surface area contributed by atoms with Gasteiger partial charge in [0.2, 0.25) is 0 Å². The van der Waals surface area contributed by atoms with Crippen LogP contribution >= 0.6 is 11.3 Å². The van der Waals surface area contributed by atoms with Gasteiger partial charge in [0, 0.05) is 0 Å². The Morgan fingerprint density at radius 3 is 1.04 bits per heavy atom. The molecule has 0 unspecified atom stereocenters. The van der Waals surface area contributed by atoms with Crippen LogP contribution in [0.3, 0.4) is 0 Å². The maximum Gasteiger partial charge on any atom is 0.0902 e. The summed E-state index contributed by atoms with van der Waals surface area (Å²) in [6.07, 6.45) is 3.25. The minimum Gasteiger partial charge on any atom is -0.473 e. The molecule has 0 aliphatic heterocycles. The number of hydrogen-bond acceptors (Lipinski definition) is 2. The fraction of sp³-hybridized carbons (Fsp3) is 0. The van der Waals surface area contributed by atoms with Gasteiger partial charge in [-0.3, -0.25) is 0 Å². The number of furan rings is 1. The van der Waals surface area contributed by atoms with Gasteiger partial charge in [0.05, 0.1) is 12.5 Å². The average molecular weight is 359 g/mol. The van der Waals surface area contributed by atoms with Gasteiger partial charge in [0.1, 0.15) is 0 Å². The molecule has 3 aromatic carbocycles. The minimum absolute atomic E-state index is 1.31. The van der Waals surface area contributed by atoms with Gasteiger partial charge in [0.25, 0.3) is 0 Å². The van der Waals surface area contributed by atoms with Gasteiger partial charge in [-0.15, -0.1) is 0 Å². The lowest BCUT2D eigenvalue weighted by Crippen LogP contribution is -1.67. The lowest BCUT2D eigenvalue weighted by atomic mass is 10.1. The Hall–Kier alpha value is -3.10. The highest BCUT2D eigenvalue weighted by Gasteiger charge is 1.85. The third kappa shape index (κ3) is 8.67. The molecule has 5 aromatic rings. The van der Waals surface area contributed by atoms with Gasteiger partial charge in [-0.05, 0) is 33.7 Å². The Morgan fingerprint density at radius 2 is 0.808 bits per heavy atom. The van der Waals surface area contributed by atoms with Crippen LogP contribution in [0.5, 0.6) is 0 Å². The lowest BCUT2D eigenvalue weighted by molar-refractivity contribution is 0.567. The molecule has 5 rings (SSSR count). The Bertz CT molecular complexity index is 729. The fourth-order valence-corrected chi connectivity index (χ4v) is 2.43. The van der Waals surface area contributed by atoms with E-state index in [1.54, 1.807) is 23.9 Å². The van der Waals surface area contributed by atoms with Crippen LogP contribution < -0.4 is 0 Å². The molecule has 2 heterocycles. The highest BCUT2D eigenvalue weighted by molar-refractivity contribution is 7.07. The number of rotatable bonds is 0. The van der Waals surface area contributed by atoms with Crippen molar-refractivity contribution in [2.45, 2.75) is 0 Å². The smallest absolute Gasteiger partial charge is 0.0902 e. The van der Waals surface area contributed by atoms with E-state index < -0.39 is 0 Å². The third-order valence-corrected chi connectivity index (χ3v) is 3.80. The molecule has 130 valence electrons. The molecule has 0 aliphatic rings. The van der Waals surface area contributed by atoms with Gasteiger partial charge >= 0.3 is 0 Å². The topological polar surface area (TPSA) is 13.1 Å². The van der Waals surface area contributed by atoms with Gasteiger partial charge in [-0.25, -0.2) is 0 Å². The van der Waals surface area contributed by atoms with Crippen molar-refractivity contribution in [1.82, 2.24) is 0 Å². The normalized spacial score (nSPS) is 8.77. The van der Waals surface area contributed by atoms with Crippen molar-refractivity contribution < 1.29 is 4.42 Å². The molecular weight excluding hydrogens is 336 g/mol. The SMILES string of the molecule is c1ccc2ccccc2c1.c1ccccc1.c1ccoc1.c1ccsc1. The minimum atomic E-state index is 1.31. The zero-order valence-electron chi connectivity index (χ0n) is 14.5. The molecule has 26 heavy (non-hydrogen) atoms. The van der Waals surface area contributed by atoms with E-state index >= 15 is 0 Å². The summed E-state index contributed by atoms with van der Waals surface area (Å²) in [7, 11) is 0. The molecule has 0 spiro atoms. The van der Waals surface area contributed by atoms with Crippen LogP contribution in [-0.4, -0.2) is 0 Å². The lowest BCUT2D eigenvalue weighted by Gasteiger charge is -1.92.